The maximum Gasteiger partial charge on any atom is 0.119 e. The van der Waals surface area contributed by atoms with Gasteiger partial charge in [-0.05, 0) is 43.0 Å². The summed E-state index contributed by atoms with van der Waals surface area (Å²) in [5.41, 5.74) is 1.25. The first-order valence-corrected chi connectivity index (χ1v) is 9.36. The Morgan fingerprint density at radius 1 is 1.14 bits per heavy atom. The van der Waals surface area contributed by atoms with Crippen LogP contribution in [0.4, 0.5) is 0 Å². The van der Waals surface area contributed by atoms with E-state index in [4.69, 9.17) is 4.74 Å². The number of hydrogen-bond acceptors (Lipinski definition) is 3. The second kappa shape index (κ2) is 9.96. The Labute approximate surface area is 131 Å². The fraction of sp³-hybridized carbons (Fsp3) is 0.647. The van der Waals surface area contributed by atoms with E-state index in [1.165, 1.54) is 5.56 Å². The summed E-state index contributed by atoms with van der Waals surface area (Å²) in [4.78, 5) is 0. The highest BCUT2D eigenvalue weighted by atomic mass is 32.2. The Morgan fingerprint density at radius 2 is 1.81 bits per heavy atom. The van der Waals surface area contributed by atoms with Crippen LogP contribution in [0.3, 0.4) is 0 Å². The zero-order valence-corrected chi connectivity index (χ0v) is 14.5. The van der Waals surface area contributed by atoms with Crippen molar-refractivity contribution in [3.05, 3.63) is 29.8 Å². The lowest BCUT2D eigenvalue weighted by atomic mass is 10.1. The molecule has 0 heterocycles. The standard InChI is InChI=1S/C17H29NO2S/c1-14(2)10-12-20-17-7-5-16(6-8-17)13-18-11-9-15(3)21(4)19/h5-8,14-15,18H,9-13H2,1-4H3. The minimum Gasteiger partial charge on any atom is -0.494 e. The van der Waals surface area contributed by atoms with Gasteiger partial charge < -0.3 is 10.1 Å². The highest BCUT2D eigenvalue weighted by Crippen LogP contribution is 2.13. The molecule has 0 saturated carbocycles. The second-order valence-corrected chi connectivity index (χ2v) is 7.75. The number of nitrogens with one attached hydrogen (secondary N) is 1. The first-order chi connectivity index (χ1) is 9.99. The lowest BCUT2D eigenvalue weighted by Crippen LogP contribution is -2.20. The van der Waals surface area contributed by atoms with Crippen molar-refractivity contribution >= 4 is 10.8 Å². The molecule has 0 fully saturated rings. The molecule has 4 heteroatoms. The summed E-state index contributed by atoms with van der Waals surface area (Å²) in [5.74, 6) is 1.61. The Morgan fingerprint density at radius 3 is 2.38 bits per heavy atom. The maximum atomic E-state index is 11.2. The van der Waals surface area contributed by atoms with Gasteiger partial charge in [0.1, 0.15) is 5.75 Å². The predicted octanol–water partition coefficient (Wildman–Crippen LogP) is 3.36. The average molecular weight is 311 g/mol. The van der Waals surface area contributed by atoms with Gasteiger partial charge in [-0.3, -0.25) is 4.21 Å². The minimum atomic E-state index is -0.725. The molecule has 0 saturated heterocycles. The van der Waals surface area contributed by atoms with E-state index in [0.717, 1.165) is 38.3 Å². The lowest BCUT2D eigenvalue weighted by molar-refractivity contribution is 0.289. The van der Waals surface area contributed by atoms with Gasteiger partial charge in [-0.2, -0.15) is 0 Å². The van der Waals surface area contributed by atoms with Crippen molar-refractivity contribution in [2.45, 2.75) is 45.4 Å². The molecule has 0 aromatic heterocycles. The average Bonchev–Trinajstić information content (AvgIpc) is 2.44. The van der Waals surface area contributed by atoms with Crippen molar-refractivity contribution < 1.29 is 8.95 Å². The van der Waals surface area contributed by atoms with Gasteiger partial charge in [-0.1, -0.05) is 32.9 Å². The fourth-order valence-corrected chi connectivity index (χ4v) is 2.27. The van der Waals surface area contributed by atoms with Crippen LogP contribution in [0.15, 0.2) is 24.3 Å². The van der Waals surface area contributed by atoms with Gasteiger partial charge >= 0.3 is 0 Å². The number of benzene rings is 1. The molecular weight excluding hydrogens is 282 g/mol. The molecule has 120 valence electrons. The summed E-state index contributed by atoms with van der Waals surface area (Å²) in [5, 5.41) is 3.65. The number of rotatable bonds is 10. The second-order valence-electron chi connectivity index (χ2n) is 5.95. The number of ether oxygens (including phenoxy) is 1. The minimum absolute atomic E-state index is 0.259. The molecule has 1 rings (SSSR count). The van der Waals surface area contributed by atoms with E-state index in [2.05, 4.69) is 31.3 Å². The van der Waals surface area contributed by atoms with Crippen LogP contribution in [-0.2, 0) is 17.3 Å². The van der Waals surface area contributed by atoms with Crippen molar-refractivity contribution in [3.8, 4) is 5.75 Å². The predicted molar refractivity (Wildman–Crippen MR) is 91.2 cm³/mol. The highest BCUT2D eigenvalue weighted by Gasteiger charge is 2.04. The molecule has 2 atom stereocenters. The van der Waals surface area contributed by atoms with E-state index in [0.29, 0.717) is 5.92 Å². The first kappa shape index (κ1) is 18.2. The van der Waals surface area contributed by atoms with E-state index >= 15 is 0 Å². The van der Waals surface area contributed by atoms with Crippen LogP contribution in [0, 0.1) is 5.92 Å². The van der Waals surface area contributed by atoms with E-state index < -0.39 is 10.8 Å². The normalized spacial score (nSPS) is 14.1. The smallest absolute Gasteiger partial charge is 0.119 e. The largest absolute Gasteiger partial charge is 0.494 e. The summed E-state index contributed by atoms with van der Waals surface area (Å²) in [6.45, 7) is 8.95. The first-order valence-electron chi connectivity index (χ1n) is 7.73. The summed E-state index contributed by atoms with van der Waals surface area (Å²) < 4.78 is 16.9. The molecule has 3 nitrogen and oxygen atoms in total. The zero-order valence-electron chi connectivity index (χ0n) is 13.7. The van der Waals surface area contributed by atoms with E-state index in [1.807, 2.05) is 19.1 Å². The molecule has 0 radical (unpaired) electrons. The van der Waals surface area contributed by atoms with Crippen LogP contribution in [0.5, 0.6) is 5.75 Å². The van der Waals surface area contributed by atoms with Crippen molar-refractivity contribution in [1.82, 2.24) is 5.32 Å². The van der Waals surface area contributed by atoms with Crippen LogP contribution in [0.1, 0.15) is 39.2 Å². The van der Waals surface area contributed by atoms with Gasteiger partial charge in [0.05, 0.1) is 6.61 Å². The summed E-state index contributed by atoms with van der Waals surface area (Å²) in [6.07, 6.45) is 3.79. The molecule has 0 amide bonds. The van der Waals surface area contributed by atoms with Crippen molar-refractivity contribution in [3.63, 3.8) is 0 Å². The Balaban J connectivity index is 2.23. The molecule has 0 aliphatic carbocycles. The third-order valence-corrected chi connectivity index (χ3v) is 4.88. The van der Waals surface area contributed by atoms with Crippen molar-refractivity contribution in [2.75, 3.05) is 19.4 Å². The summed E-state index contributed by atoms with van der Waals surface area (Å²) in [7, 11) is -0.725. The number of hydrogen-bond donors (Lipinski definition) is 1. The third-order valence-electron chi connectivity index (χ3n) is 3.51. The quantitative estimate of drug-likeness (QED) is 0.673. The van der Waals surface area contributed by atoms with E-state index in [1.54, 1.807) is 6.26 Å². The Hall–Kier alpha value is -0.870. The van der Waals surface area contributed by atoms with Crippen LogP contribution in [0.25, 0.3) is 0 Å². The summed E-state index contributed by atoms with van der Waals surface area (Å²) in [6, 6.07) is 8.25. The molecule has 1 aromatic carbocycles. The van der Waals surface area contributed by atoms with Crippen molar-refractivity contribution in [2.24, 2.45) is 5.92 Å². The molecule has 21 heavy (non-hydrogen) atoms. The van der Waals surface area contributed by atoms with E-state index in [-0.39, 0.29) is 5.25 Å². The van der Waals surface area contributed by atoms with Gasteiger partial charge in [0, 0.05) is 28.9 Å². The molecule has 1 N–H and O–H groups in total. The monoisotopic (exact) mass is 311 g/mol. The maximum absolute atomic E-state index is 11.2. The van der Waals surface area contributed by atoms with Crippen LogP contribution >= 0.6 is 0 Å². The lowest BCUT2D eigenvalue weighted by Gasteiger charge is -2.10. The van der Waals surface area contributed by atoms with Crippen molar-refractivity contribution in [1.29, 1.82) is 0 Å². The van der Waals surface area contributed by atoms with Crippen LogP contribution in [0.2, 0.25) is 0 Å². The molecule has 1 aromatic rings. The van der Waals surface area contributed by atoms with Crippen LogP contribution in [-0.4, -0.2) is 28.9 Å². The Bertz CT molecular complexity index is 417. The zero-order chi connectivity index (χ0) is 15.7. The van der Waals surface area contributed by atoms with Gasteiger partial charge in [0.2, 0.25) is 0 Å². The summed E-state index contributed by atoms with van der Waals surface area (Å²) >= 11 is 0. The van der Waals surface area contributed by atoms with Crippen LogP contribution < -0.4 is 10.1 Å². The van der Waals surface area contributed by atoms with Gasteiger partial charge in [-0.25, -0.2) is 0 Å². The molecule has 0 aliphatic heterocycles. The fourth-order valence-electron chi connectivity index (χ4n) is 1.82. The topological polar surface area (TPSA) is 38.3 Å². The molecule has 0 aliphatic rings. The molecule has 2 unspecified atom stereocenters. The SMILES string of the molecule is CC(C)CCOc1ccc(CNCCC(C)S(C)=O)cc1. The highest BCUT2D eigenvalue weighted by molar-refractivity contribution is 7.84. The van der Waals surface area contributed by atoms with Gasteiger partial charge in [-0.15, -0.1) is 0 Å². The molecular formula is C17H29NO2S. The molecule has 0 bridgehead atoms. The van der Waals surface area contributed by atoms with E-state index in [9.17, 15) is 4.21 Å². The third kappa shape index (κ3) is 8.22. The Kier molecular flexibility index (Phi) is 8.62. The molecule has 0 spiro atoms. The van der Waals surface area contributed by atoms with Gasteiger partial charge in [0.15, 0.2) is 0 Å². The van der Waals surface area contributed by atoms with Gasteiger partial charge in [0.25, 0.3) is 0 Å².